The van der Waals surface area contributed by atoms with Crippen LogP contribution in [0.3, 0.4) is 0 Å². The molecule has 0 spiro atoms. The van der Waals surface area contributed by atoms with E-state index in [1.54, 1.807) is 43.3 Å². The molecule has 214 valence electrons. The topological polar surface area (TPSA) is 86.8 Å². The quantitative estimate of drug-likeness (QED) is 0.182. The molecule has 0 aliphatic heterocycles. The summed E-state index contributed by atoms with van der Waals surface area (Å²) in [7, 11) is -4.09. The number of amides is 2. The van der Waals surface area contributed by atoms with Gasteiger partial charge in [0.2, 0.25) is 11.8 Å². The summed E-state index contributed by atoms with van der Waals surface area (Å²) in [6.45, 7) is 5.82. The number of unbranched alkanes of at least 4 members (excludes halogenated alkanes) is 1. The van der Waals surface area contributed by atoms with Crippen LogP contribution in [0, 0.1) is 6.92 Å². The monoisotopic (exact) mass is 645 g/mol. The van der Waals surface area contributed by atoms with Gasteiger partial charge in [-0.2, -0.15) is 0 Å². The molecule has 0 saturated carbocycles. The number of hydrogen-bond acceptors (Lipinski definition) is 5. The van der Waals surface area contributed by atoms with Crippen LogP contribution in [0.2, 0.25) is 0 Å². The van der Waals surface area contributed by atoms with Gasteiger partial charge in [-0.25, -0.2) is 8.42 Å². The molecule has 0 unspecified atom stereocenters. The first-order valence-corrected chi connectivity index (χ1v) is 16.6. The van der Waals surface area contributed by atoms with Crippen molar-refractivity contribution in [2.75, 3.05) is 23.7 Å². The molecule has 3 rings (SSSR count). The maximum absolute atomic E-state index is 13.9. The number of carbonyl (C=O) groups excluding carboxylic acids is 2. The Morgan fingerprint density at radius 2 is 1.60 bits per heavy atom. The van der Waals surface area contributed by atoms with Crippen molar-refractivity contribution in [3.05, 3.63) is 88.4 Å². The Hall–Kier alpha value is -2.82. The van der Waals surface area contributed by atoms with Gasteiger partial charge >= 0.3 is 0 Å². The van der Waals surface area contributed by atoms with E-state index >= 15 is 0 Å². The van der Waals surface area contributed by atoms with Crippen LogP contribution in [0.25, 0.3) is 0 Å². The van der Waals surface area contributed by atoms with Crippen LogP contribution in [0.5, 0.6) is 0 Å². The molecule has 0 bridgehead atoms. The van der Waals surface area contributed by atoms with Crippen molar-refractivity contribution in [1.82, 2.24) is 10.2 Å². The number of nitrogens with one attached hydrogen (secondary N) is 1. The van der Waals surface area contributed by atoms with Crippen molar-refractivity contribution in [2.24, 2.45) is 0 Å². The molecule has 10 heteroatoms. The van der Waals surface area contributed by atoms with Crippen molar-refractivity contribution in [1.29, 1.82) is 0 Å². The van der Waals surface area contributed by atoms with Gasteiger partial charge in [-0.1, -0.05) is 59.1 Å². The summed E-state index contributed by atoms with van der Waals surface area (Å²) in [4.78, 5) is 29.4. The van der Waals surface area contributed by atoms with Gasteiger partial charge in [0, 0.05) is 22.5 Å². The smallest absolute Gasteiger partial charge is 0.264 e. The highest BCUT2D eigenvalue weighted by Gasteiger charge is 2.32. The predicted octanol–water partition coefficient (Wildman–Crippen LogP) is 6.01. The van der Waals surface area contributed by atoms with Gasteiger partial charge in [0.25, 0.3) is 10.0 Å². The van der Waals surface area contributed by atoms with Gasteiger partial charge in [0.05, 0.1) is 10.6 Å². The van der Waals surface area contributed by atoms with E-state index < -0.39 is 28.5 Å². The zero-order chi connectivity index (χ0) is 29.3. The van der Waals surface area contributed by atoms with Crippen molar-refractivity contribution in [2.45, 2.75) is 56.0 Å². The third-order valence-corrected chi connectivity index (χ3v) is 9.57. The fraction of sp³-hybridized carbons (Fsp3) is 0.333. The average Bonchev–Trinajstić information content (AvgIpc) is 2.95. The van der Waals surface area contributed by atoms with E-state index in [1.165, 1.54) is 16.7 Å². The van der Waals surface area contributed by atoms with Crippen LogP contribution in [-0.2, 0) is 26.2 Å². The molecule has 0 aliphatic rings. The first kappa shape index (κ1) is 31.7. The van der Waals surface area contributed by atoms with Crippen LogP contribution in [0.4, 0.5) is 5.69 Å². The molecule has 2 amide bonds. The van der Waals surface area contributed by atoms with Gasteiger partial charge in [0.1, 0.15) is 12.6 Å². The Morgan fingerprint density at radius 3 is 2.17 bits per heavy atom. The summed E-state index contributed by atoms with van der Waals surface area (Å²) in [5, 5.41) is 2.90. The van der Waals surface area contributed by atoms with Crippen LogP contribution in [0.1, 0.15) is 37.8 Å². The third-order valence-electron chi connectivity index (χ3n) is 6.51. The maximum atomic E-state index is 13.9. The van der Waals surface area contributed by atoms with Crippen molar-refractivity contribution >= 4 is 55.2 Å². The molecule has 3 aromatic rings. The summed E-state index contributed by atoms with van der Waals surface area (Å²) in [6.07, 6.45) is 3.67. The molecule has 0 fully saturated rings. The summed E-state index contributed by atoms with van der Waals surface area (Å²) in [5.41, 5.74) is 2.16. The zero-order valence-electron chi connectivity index (χ0n) is 23.3. The lowest BCUT2D eigenvalue weighted by Gasteiger charge is -2.32. The van der Waals surface area contributed by atoms with E-state index in [2.05, 4.69) is 21.2 Å². The Bertz CT molecular complexity index is 1380. The van der Waals surface area contributed by atoms with E-state index in [1.807, 2.05) is 56.5 Å². The first-order valence-electron chi connectivity index (χ1n) is 13.1. The van der Waals surface area contributed by atoms with Gasteiger partial charge in [0.15, 0.2) is 0 Å². The minimum Gasteiger partial charge on any atom is -0.354 e. The van der Waals surface area contributed by atoms with E-state index in [0.29, 0.717) is 12.2 Å². The number of thioether (sulfide) groups is 1. The number of anilines is 1. The zero-order valence-corrected chi connectivity index (χ0v) is 26.5. The first-order chi connectivity index (χ1) is 19.1. The second kappa shape index (κ2) is 14.7. The highest BCUT2D eigenvalue weighted by molar-refractivity contribution is 9.10. The molecular weight excluding hydrogens is 610 g/mol. The van der Waals surface area contributed by atoms with Gasteiger partial charge in [-0.3, -0.25) is 13.9 Å². The van der Waals surface area contributed by atoms with Crippen LogP contribution in [0.15, 0.2) is 87.1 Å². The molecule has 0 aliphatic carbocycles. The molecule has 7 nitrogen and oxygen atoms in total. The molecule has 0 radical (unpaired) electrons. The summed E-state index contributed by atoms with van der Waals surface area (Å²) in [5.74, 6) is -0.762. The SMILES string of the molecule is CCCCNC(=O)[C@@H](C)N(Cc1ccc(Br)cc1)C(=O)CN(c1ccc(C)cc1)S(=O)(=O)c1ccc(SC)cc1. The van der Waals surface area contributed by atoms with Crippen LogP contribution >= 0.6 is 27.7 Å². The fourth-order valence-electron chi connectivity index (χ4n) is 4.02. The Balaban J connectivity index is 1.99. The summed E-state index contributed by atoms with van der Waals surface area (Å²) < 4.78 is 29.8. The number of hydrogen-bond donors (Lipinski definition) is 1. The molecule has 0 aromatic heterocycles. The molecule has 40 heavy (non-hydrogen) atoms. The number of carbonyl (C=O) groups is 2. The van der Waals surface area contributed by atoms with E-state index in [0.717, 1.165) is 37.6 Å². The minimum atomic E-state index is -4.09. The Labute approximate surface area is 250 Å². The second-order valence-electron chi connectivity index (χ2n) is 9.49. The van der Waals surface area contributed by atoms with Gasteiger partial charge in [-0.15, -0.1) is 11.8 Å². The number of rotatable bonds is 13. The fourth-order valence-corrected chi connectivity index (χ4v) is 6.11. The Kier molecular flexibility index (Phi) is 11.7. The minimum absolute atomic E-state index is 0.0866. The lowest BCUT2D eigenvalue weighted by Crippen LogP contribution is -2.51. The van der Waals surface area contributed by atoms with Crippen LogP contribution in [-0.4, -0.2) is 50.5 Å². The van der Waals surface area contributed by atoms with Crippen LogP contribution < -0.4 is 9.62 Å². The van der Waals surface area contributed by atoms with Gasteiger partial charge in [-0.05, 0) is 80.6 Å². The van der Waals surface area contributed by atoms with Crippen molar-refractivity contribution in [3.8, 4) is 0 Å². The van der Waals surface area contributed by atoms with Crippen molar-refractivity contribution in [3.63, 3.8) is 0 Å². The number of nitrogens with zero attached hydrogens (tertiary/aromatic N) is 2. The Morgan fingerprint density at radius 1 is 0.975 bits per heavy atom. The molecule has 1 N–H and O–H groups in total. The third kappa shape index (κ3) is 8.34. The maximum Gasteiger partial charge on any atom is 0.264 e. The molecular formula is C30H36BrN3O4S2. The largest absolute Gasteiger partial charge is 0.354 e. The van der Waals surface area contributed by atoms with E-state index in [4.69, 9.17) is 0 Å². The van der Waals surface area contributed by atoms with Gasteiger partial charge < -0.3 is 10.2 Å². The highest BCUT2D eigenvalue weighted by atomic mass is 79.9. The standard InChI is InChI=1S/C30H36BrN3O4S2/c1-5-6-19-32-30(36)23(3)33(20-24-9-11-25(31)12-10-24)29(35)21-34(26-13-7-22(2)8-14-26)40(37,38)28-17-15-27(39-4)16-18-28/h7-18,23H,5-6,19-21H2,1-4H3,(H,32,36)/t23-/m1/s1. The second-order valence-corrected chi connectivity index (χ2v) is 13.1. The highest BCUT2D eigenvalue weighted by Crippen LogP contribution is 2.26. The van der Waals surface area contributed by atoms with Crippen molar-refractivity contribution < 1.29 is 18.0 Å². The summed E-state index contributed by atoms with van der Waals surface area (Å²) in [6, 6.07) is 20.3. The number of sulfonamides is 1. The molecule has 1 atom stereocenters. The molecule has 3 aromatic carbocycles. The number of halogens is 1. The summed E-state index contributed by atoms with van der Waals surface area (Å²) >= 11 is 4.94. The number of benzene rings is 3. The predicted molar refractivity (Wildman–Crippen MR) is 166 cm³/mol. The van der Waals surface area contributed by atoms with E-state index in [9.17, 15) is 18.0 Å². The lowest BCUT2D eigenvalue weighted by molar-refractivity contribution is -0.139. The molecule has 0 heterocycles. The lowest BCUT2D eigenvalue weighted by atomic mass is 10.1. The molecule has 0 saturated heterocycles. The normalized spacial score (nSPS) is 12.0. The number of aryl methyl sites for hydroxylation is 1. The average molecular weight is 647 g/mol. The van der Waals surface area contributed by atoms with E-state index in [-0.39, 0.29) is 17.3 Å².